The summed E-state index contributed by atoms with van der Waals surface area (Å²) in [5.41, 5.74) is 2.92. The monoisotopic (exact) mass is 411 g/mol. The highest BCUT2D eigenvalue weighted by Gasteiger charge is 2.21. The second-order valence-corrected chi connectivity index (χ2v) is 8.54. The van der Waals surface area contributed by atoms with Crippen molar-refractivity contribution in [1.29, 1.82) is 0 Å². The lowest BCUT2D eigenvalue weighted by atomic mass is 9.91. The van der Waals surface area contributed by atoms with Gasteiger partial charge in [0.2, 0.25) is 0 Å². The first-order valence-corrected chi connectivity index (χ1v) is 10.8. The van der Waals surface area contributed by atoms with Crippen molar-refractivity contribution in [3.05, 3.63) is 62.0 Å². The standard InChI is InChI=1S/C18H22ClN3O4S/c19-14-5-3-4-13(10-14)11-20-9-8-17-15-6-1-2-7-16(15)18(23)22(21-17)12-27(24,25)26/h3-5,10,20H,1-2,6-9,11-12H2,(H,24,25,26). The number of benzene rings is 1. The quantitative estimate of drug-likeness (QED) is 0.533. The highest BCUT2D eigenvalue weighted by Crippen LogP contribution is 2.21. The van der Waals surface area contributed by atoms with E-state index in [1.807, 2.05) is 24.3 Å². The number of nitrogens with zero attached hydrogens (tertiary/aromatic N) is 2. The summed E-state index contributed by atoms with van der Waals surface area (Å²) in [4.78, 5) is 12.5. The molecule has 146 valence electrons. The molecule has 0 bridgehead atoms. The fourth-order valence-electron chi connectivity index (χ4n) is 3.40. The number of halogens is 1. The van der Waals surface area contributed by atoms with Crippen molar-refractivity contribution in [2.75, 3.05) is 6.54 Å². The fraction of sp³-hybridized carbons (Fsp3) is 0.444. The van der Waals surface area contributed by atoms with Crippen LogP contribution < -0.4 is 10.9 Å². The Bertz CT molecular complexity index is 989. The second-order valence-electron chi connectivity index (χ2n) is 6.68. The largest absolute Gasteiger partial charge is 0.312 e. The average molecular weight is 412 g/mol. The summed E-state index contributed by atoms with van der Waals surface area (Å²) in [7, 11) is -4.34. The zero-order valence-electron chi connectivity index (χ0n) is 14.8. The molecule has 7 nitrogen and oxygen atoms in total. The Morgan fingerprint density at radius 2 is 1.96 bits per heavy atom. The van der Waals surface area contributed by atoms with Crippen molar-refractivity contribution in [3.8, 4) is 0 Å². The number of rotatable bonds is 7. The Morgan fingerprint density at radius 3 is 2.67 bits per heavy atom. The van der Waals surface area contributed by atoms with Crippen molar-refractivity contribution in [2.24, 2.45) is 0 Å². The van der Waals surface area contributed by atoms with Gasteiger partial charge in [-0.25, -0.2) is 4.68 Å². The van der Waals surface area contributed by atoms with Crippen LogP contribution in [0.3, 0.4) is 0 Å². The predicted octanol–water partition coefficient (Wildman–Crippen LogP) is 1.95. The van der Waals surface area contributed by atoms with Gasteiger partial charge >= 0.3 is 0 Å². The summed E-state index contributed by atoms with van der Waals surface area (Å²) in [5.74, 6) is -0.817. The van der Waals surface area contributed by atoms with Gasteiger partial charge in [-0.3, -0.25) is 9.35 Å². The molecule has 0 saturated heterocycles. The summed E-state index contributed by atoms with van der Waals surface area (Å²) in [6.45, 7) is 1.27. The summed E-state index contributed by atoms with van der Waals surface area (Å²) < 4.78 is 32.4. The van der Waals surface area contributed by atoms with Crippen molar-refractivity contribution in [2.45, 2.75) is 44.5 Å². The maximum absolute atomic E-state index is 12.5. The smallest absolute Gasteiger partial charge is 0.285 e. The Hall–Kier alpha value is -1.74. The van der Waals surface area contributed by atoms with Crippen molar-refractivity contribution in [1.82, 2.24) is 15.1 Å². The van der Waals surface area contributed by atoms with Crippen LogP contribution in [-0.4, -0.2) is 29.3 Å². The van der Waals surface area contributed by atoms with E-state index in [-0.39, 0.29) is 0 Å². The van der Waals surface area contributed by atoms with E-state index in [4.69, 9.17) is 16.2 Å². The van der Waals surface area contributed by atoms with Crippen LogP contribution >= 0.6 is 11.6 Å². The van der Waals surface area contributed by atoms with Gasteiger partial charge in [-0.1, -0.05) is 23.7 Å². The molecule has 0 spiro atoms. The number of hydrogen-bond donors (Lipinski definition) is 2. The number of fused-ring (bicyclic) bond motifs is 1. The van der Waals surface area contributed by atoms with E-state index in [1.54, 1.807) is 0 Å². The maximum Gasteiger partial charge on any atom is 0.285 e. The summed E-state index contributed by atoms with van der Waals surface area (Å²) in [6.07, 6.45) is 3.83. The molecule has 0 unspecified atom stereocenters. The lowest BCUT2D eigenvalue weighted by Gasteiger charge is -2.20. The molecule has 9 heteroatoms. The second kappa shape index (κ2) is 8.52. The lowest BCUT2D eigenvalue weighted by molar-refractivity contribution is 0.460. The summed E-state index contributed by atoms with van der Waals surface area (Å²) >= 11 is 5.98. The van der Waals surface area contributed by atoms with Crippen molar-refractivity contribution < 1.29 is 13.0 Å². The van der Waals surface area contributed by atoms with Gasteiger partial charge in [0.05, 0.1) is 5.69 Å². The highest BCUT2D eigenvalue weighted by atomic mass is 35.5. The number of hydrogen-bond acceptors (Lipinski definition) is 5. The molecular formula is C18H22ClN3O4S. The van der Waals surface area contributed by atoms with Gasteiger partial charge < -0.3 is 5.32 Å². The minimum atomic E-state index is -4.34. The van der Waals surface area contributed by atoms with E-state index >= 15 is 0 Å². The van der Waals surface area contributed by atoms with Crippen LogP contribution in [0.2, 0.25) is 5.02 Å². The van der Waals surface area contributed by atoms with Crippen LogP contribution in [0.5, 0.6) is 0 Å². The van der Waals surface area contributed by atoms with Gasteiger partial charge in [0.15, 0.2) is 5.88 Å². The van der Waals surface area contributed by atoms with Gasteiger partial charge in [-0.05, 0) is 48.9 Å². The molecule has 0 saturated carbocycles. The van der Waals surface area contributed by atoms with Crippen LogP contribution in [0.25, 0.3) is 0 Å². The predicted molar refractivity (Wildman–Crippen MR) is 104 cm³/mol. The van der Waals surface area contributed by atoms with Crippen LogP contribution in [0.1, 0.15) is 35.2 Å². The van der Waals surface area contributed by atoms with E-state index in [9.17, 15) is 13.2 Å². The SMILES string of the molecule is O=c1c2c(c(CCNCc3cccc(Cl)c3)nn1CS(=O)(=O)O)CCCC2. The first-order valence-electron chi connectivity index (χ1n) is 8.85. The fourth-order valence-corrected chi connectivity index (χ4v) is 4.09. The molecule has 27 heavy (non-hydrogen) atoms. The number of nitrogens with one attached hydrogen (secondary N) is 1. The molecular weight excluding hydrogens is 390 g/mol. The van der Waals surface area contributed by atoms with E-state index < -0.39 is 21.6 Å². The third kappa shape index (κ3) is 5.38. The third-order valence-electron chi connectivity index (χ3n) is 4.59. The molecule has 1 aromatic carbocycles. The van der Waals surface area contributed by atoms with Gasteiger partial charge in [0.1, 0.15) is 0 Å². The Morgan fingerprint density at radius 1 is 1.22 bits per heavy atom. The minimum absolute atomic E-state index is 0.419. The van der Waals surface area contributed by atoms with Crippen LogP contribution in [0.15, 0.2) is 29.1 Å². The molecule has 2 N–H and O–H groups in total. The summed E-state index contributed by atoms with van der Waals surface area (Å²) in [5, 5.41) is 8.23. The molecule has 1 heterocycles. The number of aromatic nitrogens is 2. The minimum Gasteiger partial charge on any atom is -0.312 e. The van der Waals surface area contributed by atoms with E-state index in [1.165, 1.54) is 0 Å². The zero-order valence-corrected chi connectivity index (χ0v) is 16.4. The van der Waals surface area contributed by atoms with Crippen molar-refractivity contribution >= 4 is 21.7 Å². The first-order chi connectivity index (χ1) is 12.8. The molecule has 0 atom stereocenters. The van der Waals surface area contributed by atoms with E-state index in [0.29, 0.717) is 42.2 Å². The van der Waals surface area contributed by atoms with Crippen LogP contribution in [-0.2, 0) is 41.8 Å². The zero-order chi connectivity index (χ0) is 19.4. The Kier molecular flexibility index (Phi) is 6.31. The molecule has 3 rings (SSSR count). The van der Waals surface area contributed by atoms with E-state index in [0.717, 1.165) is 35.1 Å². The average Bonchev–Trinajstić information content (AvgIpc) is 2.61. The van der Waals surface area contributed by atoms with E-state index in [2.05, 4.69) is 10.4 Å². The highest BCUT2D eigenvalue weighted by molar-refractivity contribution is 7.84. The molecule has 1 aliphatic carbocycles. The Labute approximate surface area is 163 Å². The Balaban J connectivity index is 1.75. The normalized spacial score (nSPS) is 14.1. The molecule has 0 fully saturated rings. The molecule has 0 radical (unpaired) electrons. The van der Waals surface area contributed by atoms with Gasteiger partial charge in [-0.2, -0.15) is 13.5 Å². The first kappa shape index (κ1) is 20.0. The molecule has 0 aliphatic heterocycles. The lowest BCUT2D eigenvalue weighted by Crippen LogP contribution is -2.34. The maximum atomic E-state index is 12.5. The third-order valence-corrected chi connectivity index (χ3v) is 5.40. The van der Waals surface area contributed by atoms with Gasteiger partial charge in [0.25, 0.3) is 15.7 Å². The topological polar surface area (TPSA) is 101 Å². The van der Waals surface area contributed by atoms with Crippen LogP contribution in [0.4, 0.5) is 0 Å². The van der Waals surface area contributed by atoms with Crippen molar-refractivity contribution in [3.63, 3.8) is 0 Å². The van der Waals surface area contributed by atoms with Crippen LogP contribution in [0, 0.1) is 0 Å². The molecule has 1 aliphatic rings. The molecule has 2 aromatic rings. The molecule has 0 amide bonds. The molecule has 1 aromatic heterocycles. The van der Waals surface area contributed by atoms with Gasteiger partial charge in [0, 0.05) is 30.1 Å². The van der Waals surface area contributed by atoms with Gasteiger partial charge in [-0.15, -0.1) is 0 Å². The summed E-state index contributed by atoms with van der Waals surface area (Å²) in [6, 6.07) is 7.58.